The Hall–Kier alpha value is -0.268. The van der Waals surface area contributed by atoms with Crippen LogP contribution in [0.2, 0.25) is 0 Å². The first-order valence-corrected chi connectivity index (χ1v) is 6.18. The van der Waals surface area contributed by atoms with Crippen molar-refractivity contribution in [2.45, 2.75) is 6.54 Å². The molecule has 0 radical (unpaired) electrons. The van der Waals surface area contributed by atoms with Crippen LogP contribution in [0.3, 0.4) is 0 Å². The van der Waals surface area contributed by atoms with Crippen molar-refractivity contribution < 1.29 is 28.0 Å². The summed E-state index contributed by atoms with van der Waals surface area (Å²) in [6.45, 7) is 0.788. The predicted octanol–water partition coefficient (Wildman–Crippen LogP) is 1.95. The van der Waals surface area contributed by atoms with E-state index in [1.54, 1.807) is 6.07 Å². The summed E-state index contributed by atoms with van der Waals surface area (Å²) in [5, 5.41) is 9.30. The number of hydrogen-bond donors (Lipinski definition) is 1. The Kier molecular flexibility index (Phi) is 7.81. The normalized spacial score (nSPS) is 9.53. The molecule has 1 aromatic rings. The van der Waals surface area contributed by atoms with E-state index in [0.717, 1.165) is 12.1 Å². The third-order valence-electron chi connectivity index (χ3n) is 1.66. The van der Waals surface area contributed by atoms with Crippen LogP contribution < -0.4 is 4.74 Å². The quantitative estimate of drug-likeness (QED) is 0.682. The van der Waals surface area contributed by atoms with Crippen LogP contribution in [0.5, 0.6) is 11.5 Å². The van der Waals surface area contributed by atoms with Crippen molar-refractivity contribution in [1.29, 1.82) is 0 Å². The SMILES string of the molecule is COc1cc(CN(C)C)[c-]cc1O.[Cl][Pd+]. The van der Waals surface area contributed by atoms with Crippen LogP contribution in [0.15, 0.2) is 12.1 Å². The van der Waals surface area contributed by atoms with Crippen molar-refractivity contribution in [1.82, 2.24) is 4.90 Å². The molecular formula is C10H14ClNO2Pd. The predicted molar refractivity (Wildman–Crippen MR) is 56.7 cm³/mol. The summed E-state index contributed by atoms with van der Waals surface area (Å²) < 4.78 is 4.98. The van der Waals surface area contributed by atoms with Gasteiger partial charge in [0.2, 0.25) is 0 Å². The maximum absolute atomic E-state index is 9.30. The van der Waals surface area contributed by atoms with Gasteiger partial charge in [-0.25, -0.2) is 0 Å². The minimum atomic E-state index is 0.130. The van der Waals surface area contributed by atoms with Crippen LogP contribution in [0.4, 0.5) is 0 Å². The van der Waals surface area contributed by atoms with Crippen molar-refractivity contribution in [3.63, 3.8) is 0 Å². The van der Waals surface area contributed by atoms with Crippen LogP contribution in [0.1, 0.15) is 5.56 Å². The Morgan fingerprint density at radius 3 is 2.60 bits per heavy atom. The molecule has 0 atom stereocenters. The summed E-state index contributed by atoms with van der Waals surface area (Å²) in [5.41, 5.74) is 1.000. The zero-order chi connectivity index (χ0) is 11.8. The second-order valence-corrected chi connectivity index (χ2v) is 3.15. The summed E-state index contributed by atoms with van der Waals surface area (Å²) in [5.74, 6) is 0.626. The van der Waals surface area contributed by atoms with Gasteiger partial charge in [-0.3, -0.25) is 0 Å². The van der Waals surface area contributed by atoms with E-state index in [-0.39, 0.29) is 5.75 Å². The average molecular weight is 322 g/mol. The summed E-state index contributed by atoms with van der Waals surface area (Å²) in [6, 6.07) is 6.28. The summed E-state index contributed by atoms with van der Waals surface area (Å²) in [6.07, 6.45) is 0. The van der Waals surface area contributed by atoms with Gasteiger partial charge in [0, 0.05) is 12.3 Å². The number of methoxy groups -OCH3 is 1. The fourth-order valence-corrected chi connectivity index (χ4v) is 1.10. The van der Waals surface area contributed by atoms with Gasteiger partial charge in [0.25, 0.3) is 0 Å². The van der Waals surface area contributed by atoms with E-state index in [1.165, 1.54) is 13.2 Å². The molecular weight excluding hydrogens is 308 g/mol. The van der Waals surface area contributed by atoms with Gasteiger partial charge < -0.3 is 14.7 Å². The molecule has 0 unspecified atom stereocenters. The zero-order valence-corrected chi connectivity index (χ0v) is 11.2. The first-order valence-electron chi connectivity index (χ1n) is 4.17. The summed E-state index contributed by atoms with van der Waals surface area (Å²) in [4.78, 5) is 2.03. The van der Waals surface area contributed by atoms with E-state index >= 15 is 0 Å². The maximum atomic E-state index is 9.30. The van der Waals surface area contributed by atoms with Gasteiger partial charge in [-0.05, 0) is 14.1 Å². The van der Waals surface area contributed by atoms with Gasteiger partial charge in [-0.2, -0.15) is 6.07 Å². The monoisotopic (exact) mass is 321 g/mol. The second kappa shape index (κ2) is 7.95. The molecule has 1 rings (SSSR count). The van der Waals surface area contributed by atoms with Crippen molar-refractivity contribution >= 4 is 9.53 Å². The fourth-order valence-electron chi connectivity index (χ4n) is 1.10. The summed E-state index contributed by atoms with van der Waals surface area (Å²) >= 11 is 2.22. The number of ether oxygens (including phenoxy) is 1. The minimum absolute atomic E-state index is 0.130. The first kappa shape index (κ1) is 14.7. The fraction of sp³-hybridized carbons (Fsp3) is 0.400. The molecule has 15 heavy (non-hydrogen) atoms. The van der Waals surface area contributed by atoms with Crippen molar-refractivity contribution in [2.24, 2.45) is 0 Å². The molecule has 1 aromatic carbocycles. The van der Waals surface area contributed by atoms with Crippen LogP contribution >= 0.6 is 9.53 Å². The number of nitrogens with zero attached hydrogens (tertiary/aromatic N) is 1. The van der Waals surface area contributed by atoms with Crippen molar-refractivity contribution in [3.05, 3.63) is 23.8 Å². The van der Waals surface area contributed by atoms with Gasteiger partial charge >= 0.3 is 27.7 Å². The summed E-state index contributed by atoms with van der Waals surface area (Å²) in [7, 11) is 9.98. The van der Waals surface area contributed by atoms with E-state index in [2.05, 4.69) is 33.8 Å². The third-order valence-corrected chi connectivity index (χ3v) is 1.66. The van der Waals surface area contributed by atoms with Crippen LogP contribution in [-0.2, 0) is 24.7 Å². The molecule has 0 aliphatic rings. The van der Waals surface area contributed by atoms with Gasteiger partial charge in [0.15, 0.2) is 0 Å². The number of benzene rings is 1. The number of phenols is 1. The van der Waals surface area contributed by atoms with E-state index in [0.29, 0.717) is 5.75 Å². The van der Waals surface area contributed by atoms with Crippen molar-refractivity contribution in [2.75, 3.05) is 21.2 Å². The average Bonchev–Trinajstić information content (AvgIpc) is 2.23. The number of halogens is 1. The van der Waals surface area contributed by atoms with E-state index < -0.39 is 0 Å². The Balaban J connectivity index is 0.000000921. The van der Waals surface area contributed by atoms with Crippen LogP contribution in [0, 0.1) is 6.07 Å². The van der Waals surface area contributed by atoms with Gasteiger partial charge in [-0.15, -0.1) is 17.7 Å². The molecule has 0 aliphatic heterocycles. The Morgan fingerprint density at radius 1 is 1.53 bits per heavy atom. The molecule has 88 valence electrons. The molecule has 0 amide bonds. The second-order valence-electron chi connectivity index (χ2n) is 3.15. The Labute approximate surface area is 105 Å². The molecule has 0 bridgehead atoms. The van der Waals surface area contributed by atoms with Crippen LogP contribution in [0.25, 0.3) is 0 Å². The third kappa shape index (κ3) is 5.39. The van der Waals surface area contributed by atoms with Gasteiger partial charge in [0.05, 0.1) is 12.9 Å². The number of phenolic OH excluding ortho intramolecular Hbond substituents is 1. The molecule has 0 heterocycles. The van der Waals surface area contributed by atoms with Gasteiger partial charge in [0.1, 0.15) is 0 Å². The molecule has 0 fully saturated rings. The van der Waals surface area contributed by atoms with E-state index in [9.17, 15) is 5.11 Å². The molecule has 0 saturated carbocycles. The first-order chi connectivity index (χ1) is 7.13. The molecule has 3 nitrogen and oxygen atoms in total. The molecule has 0 spiro atoms. The standard InChI is InChI=1S/C10H14NO2.ClH.Pd/c1-11(2)7-8-4-5-9(12)10(6-8)13-3;;/h5-6,12H,7H2,1-3H3;1H;/q-1;;+2/p-1. The van der Waals surface area contributed by atoms with Crippen molar-refractivity contribution in [3.8, 4) is 11.5 Å². The molecule has 5 heteroatoms. The number of aromatic hydroxyl groups is 1. The topological polar surface area (TPSA) is 32.7 Å². The Morgan fingerprint density at radius 2 is 2.13 bits per heavy atom. The molecule has 0 aliphatic carbocycles. The molecule has 1 N–H and O–H groups in total. The van der Waals surface area contributed by atoms with Crippen LogP contribution in [-0.4, -0.2) is 31.2 Å². The molecule has 0 saturated heterocycles. The van der Waals surface area contributed by atoms with Gasteiger partial charge in [-0.1, -0.05) is 0 Å². The zero-order valence-electron chi connectivity index (χ0n) is 8.86. The van der Waals surface area contributed by atoms with E-state index in [4.69, 9.17) is 4.74 Å². The number of rotatable bonds is 3. The molecule has 0 aromatic heterocycles. The number of hydrogen-bond acceptors (Lipinski definition) is 3. The van der Waals surface area contributed by atoms with E-state index in [1.807, 2.05) is 19.0 Å². The Bertz CT molecular complexity index is 295.